The number of rotatable bonds is 4. The third-order valence-corrected chi connectivity index (χ3v) is 4.21. The number of hydrogen-bond acceptors (Lipinski definition) is 2. The Morgan fingerprint density at radius 3 is 2.63 bits per heavy atom. The minimum atomic E-state index is -0.556. The first-order chi connectivity index (χ1) is 8.97. The fourth-order valence-corrected chi connectivity index (χ4v) is 3.52. The molecule has 2 rings (SSSR count). The van der Waals surface area contributed by atoms with Crippen molar-refractivity contribution >= 4 is 23.2 Å². The van der Waals surface area contributed by atoms with Crippen molar-refractivity contribution in [1.82, 2.24) is 5.32 Å². The van der Waals surface area contributed by atoms with Crippen LogP contribution in [0.1, 0.15) is 38.2 Å². The second kappa shape index (κ2) is 6.45. The molecule has 4 heteroatoms. The average molecular weight is 302 g/mol. The first kappa shape index (κ1) is 15.1. The van der Waals surface area contributed by atoms with Gasteiger partial charge in [-0.3, -0.25) is 0 Å². The number of aliphatic hydroxyl groups is 1. The third-order valence-electron chi connectivity index (χ3n) is 3.77. The molecule has 2 N–H and O–H groups in total. The molecule has 2 atom stereocenters. The van der Waals surface area contributed by atoms with Crippen LogP contribution in [0.15, 0.2) is 18.2 Å². The molecule has 1 fully saturated rings. The third kappa shape index (κ3) is 4.64. The van der Waals surface area contributed by atoms with Crippen molar-refractivity contribution in [3.05, 3.63) is 33.8 Å². The Labute approximate surface area is 125 Å². The lowest BCUT2D eigenvalue weighted by molar-refractivity contribution is -0.0119. The van der Waals surface area contributed by atoms with E-state index < -0.39 is 5.60 Å². The van der Waals surface area contributed by atoms with Crippen molar-refractivity contribution in [2.24, 2.45) is 5.92 Å². The van der Waals surface area contributed by atoms with Crippen molar-refractivity contribution in [2.45, 2.75) is 44.8 Å². The molecule has 1 aromatic carbocycles. The molecule has 106 valence electrons. The van der Waals surface area contributed by atoms with E-state index in [1.54, 1.807) is 6.07 Å². The van der Waals surface area contributed by atoms with Crippen molar-refractivity contribution in [1.29, 1.82) is 0 Å². The van der Waals surface area contributed by atoms with Gasteiger partial charge in [0.15, 0.2) is 0 Å². The highest BCUT2D eigenvalue weighted by Crippen LogP contribution is 2.31. The van der Waals surface area contributed by atoms with Gasteiger partial charge in [-0.25, -0.2) is 0 Å². The number of hydrogen-bond donors (Lipinski definition) is 2. The molecule has 2 unspecified atom stereocenters. The van der Waals surface area contributed by atoms with Crippen molar-refractivity contribution in [2.75, 3.05) is 6.54 Å². The van der Waals surface area contributed by atoms with Gasteiger partial charge in [0.25, 0.3) is 0 Å². The average Bonchev–Trinajstić information content (AvgIpc) is 2.26. The van der Waals surface area contributed by atoms with Crippen molar-refractivity contribution < 1.29 is 5.11 Å². The second-order valence-electron chi connectivity index (χ2n) is 5.81. The van der Waals surface area contributed by atoms with Gasteiger partial charge in [0, 0.05) is 23.1 Å². The van der Waals surface area contributed by atoms with Gasteiger partial charge >= 0.3 is 0 Å². The van der Waals surface area contributed by atoms with E-state index in [1.165, 1.54) is 6.42 Å². The van der Waals surface area contributed by atoms with Gasteiger partial charge in [0.2, 0.25) is 0 Å². The van der Waals surface area contributed by atoms with Crippen LogP contribution in [0, 0.1) is 5.92 Å². The van der Waals surface area contributed by atoms with Crippen LogP contribution in [0.5, 0.6) is 0 Å². The SMILES string of the molecule is CC1CCCC(O)(CNCc2cc(Cl)cc(Cl)c2)C1. The molecule has 0 aromatic heterocycles. The highest BCUT2D eigenvalue weighted by atomic mass is 35.5. The van der Waals surface area contributed by atoms with Crippen LogP contribution in [0.3, 0.4) is 0 Å². The summed E-state index contributed by atoms with van der Waals surface area (Å²) >= 11 is 11.9. The van der Waals surface area contributed by atoms with Gasteiger partial charge in [0.05, 0.1) is 5.60 Å². The first-order valence-electron chi connectivity index (χ1n) is 6.85. The van der Waals surface area contributed by atoms with E-state index in [4.69, 9.17) is 23.2 Å². The Balaban J connectivity index is 1.85. The summed E-state index contributed by atoms with van der Waals surface area (Å²) in [7, 11) is 0. The Bertz CT molecular complexity index is 418. The Hall–Kier alpha value is -0.280. The minimum absolute atomic E-state index is 0.556. The van der Waals surface area contributed by atoms with Crippen molar-refractivity contribution in [3.8, 4) is 0 Å². The van der Waals surface area contributed by atoms with Crippen molar-refractivity contribution in [3.63, 3.8) is 0 Å². The second-order valence-corrected chi connectivity index (χ2v) is 6.68. The van der Waals surface area contributed by atoms with Crippen LogP contribution in [0.25, 0.3) is 0 Å². The van der Waals surface area contributed by atoms with Gasteiger partial charge in [-0.2, -0.15) is 0 Å². The monoisotopic (exact) mass is 301 g/mol. The molecule has 1 saturated carbocycles. The predicted molar refractivity (Wildman–Crippen MR) is 80.8 cm³/mol. The van der Waals surface area contributed by atoms with E-state index in [-0.39, 0.29) is 0 Å². The molecule has 1 aromatic rings. The van der Waals surface area contributed by atoms with Gasteiger partial charge in [0.1, 0.15) is 0 Å². The fourth-order valence-electron chi connectivity index (χ4n) is 2.95. The lowest BCUT2D eigenvalue weighted by Gasteiger charge is -2.35. The van der Waals surface area contributed by atoms with Crippen LogP contribution >= 0.6 is 23.2 Å². The summed E-state index contributed by atoms with van der Waals surface area (Å²) in [6, 6.07) is 5.52. The molecule has 0 saturated heterocycles. The smallest absolute Gasteiger partial charge is 0.0774 e. The number of nitrogens with one attached hydrogen (secondary N) is 1. The number of benzene rings is 1. The summed E-state index contributed by atoms with van der Waals surface area (Å²) in [5.74, 6) is 0.612. The summed E-state index contributed by atoms with van der Waals surface area (Å²) in [6.07, 6.45) is 4.12. The molecule has 0 amide bonds. The Kier molecular flexibility index (Phi) is 5.13. The molecule has 0 aliphatic heterocycles. The zero-order chi connectivity index (χ0) is 13.9. The Morgan fingerprint density at radius 1 is 1.32 bits per heavy atom. The maximum atomic E-state index is 10.5. The summed E-state index contributed by atoms with van der Waals surface area (Å²) in [6.45, 7) is 3.51. The van der Waals surface area contributed by atoms with Crippen LogP contribution in [0.2, 0.25) is 10.0 Å². The van der Waals surface area contributed by atoms with Crippen LogP contribution in [-0.4, -0.2) is 17.3 Å². The molecule has 0 bridgehead atoms. The largest absolute Gasteiger partial charge is 0.389 e. The van der Waals surface area contributed by atoms with Gasteiger partial charge in [-0.05, 0) is 42.5 Å². The molecular formula is C15H21Cl2NO. The summed E-state index contributed by atoms with van der Waals surface area (Å²) in [5, 5.41) is 15.1. The molecule has 2 nitrogen and oxygen atoms in total. The first-order valence-corrected chi connectivity index (χ1v) is 7.60. The van der Waals surface area contributed by atoms with Crippen LogP contribution < -0.4 is 5.32 Å². The minimum Gasteiger partial charge on any atom is -0.389 e. The zero-order valence-electron chi connectivity index (χ0n) is 11.3. The molecule has 0 radical (unpaired) electrons. The lowest BCUT2D eigenvalue weighted by Crippen LogP contribution is -2.43. The maximum Gasteiger partial charge on any atom is 0.0774 e. The van der Waals surface area contributed by atoms with Crippen LogP contribution in [-0.2, 0) is 6.54 Å². The number of halogens is 2. The van der Waals surface area contributed by atoms with E-state index in [2.05, 4.69) is 12.2 Å². The maximum absolute atomic E-state index is 10.5. The van der Waals surface area contributed by atoms with E-state index in [9.17, 15) is 5.11 Å². The van der Waals surface area contributed by atoms with E-state index in [0.29, 0.717) is 29.1 Å². The summed E-state index contributed by atoms with van der Waals surface area (Å²) in [4.78, 5) is 0. The molecule has 0 spiro atoms. The van der Waals surface area contributed by atoms with Gasteiger partial charge in [-0.1, -0.05) is 43.0 Å². The molecule has 1 aliphatic rings. The fraction of sp³-hybridized carbons (Fsp3) is 0.600. The van der Waals surface area contributed by atoms with E-state index in [1.807, 2.05) is 12.1 Å². The topological polar surface area (TPSA) is 32.3 Å². The lowest BCUT2D eigenvalue weighted by atomic mass is 9.79. The van der Waals surface area contributed by atoms with Gasteiger partial charge in [-0.15, -0.1) is 0 Å². The summed E-state index contributed by atoms with van der Waals surface area (Å²) < 4.78 is 0. The molecule has 19 heavy (non-hydrogen) atoms. The molecular weight excluding hydrogens is 281 g/mol. The molecule has 0 heterocycles. The van der Waals surface area contributed by atoms with E-state index >= 15 is 0 Å². The predicted octanol–water partition coefficient (Wildman–Crippen LogP) is 4.02. The molecule has 1 aliphatic carbocycles. The standard InChI is InChI=1S/C15H21Cl2NO/c1-11-3-2-4-15(19,8-11)10-18-9-12-5-13(16)7-14(17)6-12/h5-7,11,18-19H,2-4,8-10H2,1H3. The van der Waals surface area contributed by atoms with Gasteiger partial charge < -0.3 is 10.4 Å². The highest BCUT2D eigenvalue weighted by Gasteiger charge is 2.31. The highest BCUT2D eigenvalue weighted by molar-refractivity contribution is 6.34. The quantitative estimate of drug-likeness (QED) is 0.880. The summed E-state index contributed by atoms with van der Waals surface area (Å²) in [5.41, 5.74) is 0.491. The normalized spacial score (nSPS) is 27.5. The van der Waals surface area contributed by atoms with E-state index in [0.717, 1.165) is 24.8 Å². The van der Waals surface area contributed by atoms with Crippen LogP contribution in [0.4, 0.5) is 0 Å². The zero-order valence-corrected chi connectivity index (χ0v) is 12.8. The Morgan fingerprint density at radius 2 is 2.00 bits per heavy atom.